The molecule has 1 heterocycles. The lowest BCUT2D eigenvalue weighted by Gasteiger charge is -2.09. The molecule has 0 aliphatic rings. The highest BCUT2D eigenvalue weighted by atomic mass is 19.3. The van der Waals surface area contributed by atoms with Crippen LogP contribution in [0, 0.1) is 6.92 Å². The quantitative estimate of drug-likeness (QED) is 0.807. The Labute approximate surface area is 91.4 Å². The molecule has 2 N–H and O–H groups in total. The lowest BCUT2D eigenvalue weighted by atomic mass is 10.1. The predicted octanol–water partition coefficient (Wildman–Crippen LogP) is 2.09. The molecule has 1 aromatic heterocycles. The number of alkyl halides is 2. The summed E-state index contributed by atoms with van der Waals surface area (Å²) in [6.07, 6.45) is -2.74. The molecular weight excluding hydrogens is 218 g/mol. The van der Waals surface area contributed by atoms with Crippen LogP contribution in [0.3, 0.4) is 0 Å². The molecule has 16 heavy (non-hydrogen) atoms. The number of anilines is 1. The van der Waals surface area contributed by atoms with Crippen molar-refractivity contribution >= 4 is 11.7 Å². The molecule has 4 nitrogen and oxygen atoms in total. The lowest BCUT2D eigenvalue weighted by molar-refractivity contribution is 0.0519. The number of aryl methyl sites for hydroxylation is 1. The molecule has 0 amide bonds. The van der Waals surface area contributed by atoms with E-state index in [1.165, 1.54) is 13.0 Å². The third-order valence-corrected chi connectivity index (χ3v) is 1.96. The highest BCUT2D eigenvalue weighted by molar-refractivity contribution is 5.93. The maximum absolute atomic E-state index is 12.5. The average molecular weight is 230 g/mol. The van der Waals surface area contributed by atoms with Crippen molar-refractivity contribution < 1.29 is 18.3 Å². The van der Waals surface area contributed by atoms with Crippen LogP contribution in [0.1, 0.15) is 35.1 Å². The van der Waals surface area contributed by atoms with Gasteiger partial charge in [-0.2, -0.15) is 0 Å². The van der Waals surface area contributed by atoms with E-state index in [4.69, 9.17) is 5.73 Å². The first-order valence-electron chi connectivity index (χ1n) is 4.69. The van der Waals surface area contributed by atoms with Crippen molar-refractivity contribution in [1.82, 2.24) is 4.98 Å². The monoisotopic (exact) mass is 230 g/mol. The minimum atomic E-state index is -2.74. The van der Waals surface area contributed by atoms with Crippen LogP contribution in [-0.4, -0.2) is 17.6 Å². The molecular formula is C10H12F2N2O2. The standard InChI is InChI=1S/C10H12F2N2O2/c1-3-16-10(15)8-6(13)4-5(2)7(14-8)9(11)12/h4,9H,3,13H2,1-2H3. The third-order valence-electron chi connectivity index (χ3n) is 1.96. The second-order valence-corrected chi connectivity index (χ2v) is 3.15. The first kappa shape index (κ1) is 12.4. The number of aromatic nitrogens is 1. The largest absolute Gasteiger partial charge is 0.461 e. The molecule has 1 aromatic rings. The van der Waals surface area contributed by atoms with Gasteiger partial charge in [-0.25, -0.2) is 18.6 Å². The second-order valence-electron chi connectivity index (χ2n) is 3.15. The van der Waals surface area contributed by atoms with Crippen molar-refractivity contribution in [2.75, 3.05) is 12.3 Å². The number of carbonyl (C=O) groups excluding carboxylic acids is 1. The van der Waals surface area contributed by atoms with E-state index in [1.807, 2.05) is 0 Å². The molecule has 0 saturated carbocycles. The van der Waals surface area contributed by atoms with Gasteiger partial charge in [0.15, 0.2) is 5.69 Å². The fourth-order valence-electron chi connectivity index (χ4n) is 1.23. The van der Waals surface area contributed by atoms with Crippen LogP contribution < -0.4 is 5.73 Å². The van der Waals surface area contributed by atoms with Gasteiger partial charge in [-0.15, -0.1) is 0 Å². The first-order valence-corrected chi connectivity index (χ1v) is 4.69. The summed E-state index contributed by atoms with van der Waals surface area (Å²) in [5.74, 6) is -0.790. The van der Waals surface area contributed by atoms with Gasteiger partial charge in [-0.3, -0.25) is 0 Å². The van der Waals surface area contributed by atoms with E-state index in [0.29, 0.717) is 0 Å². The van der Waals surface area contributed by atoms with Crippen molar-refractivity contribution in [3.63, 3.8) is 0 Å². The van der Waals surface area contributed by atoms with Gasteiger partial charge in [-0.1, -0.05) is 0 Å². The zero-order valence-corrected chi connectivity index (χ0v) is 8.96. The Bertz CT molecular complexity index is 408. The van der Waals surface area contributed by atoms with Gasteiger partial charge in [0, 0.05) is 0 Å². The zero-order valence-electron chi connectivity index (χ0n) is 8.96. The normalized spacial score (nSPS) is 10.6. The molecule has 0 unspecified atom stereocenters. The number of nitrogen functional groups attached to an aromatic ring is 1. The molecule has 0 spiro atoms. The smallest absolute Gasteiger partial charge is 0.359 e. The molecule has 0 saturated heterocycles. The number of nitrogens with two attached hydrogens (primary N) is 1. The summed E-state index contributed by atoms with van der Waals surface area (Å²) in [7, 11) is 0. The summed E-state index contributed by atoms with van der Waals surface area (Å²) in [5.41, 5.74) is 5.10. The Balaban J connectivity index is 3.19. The van der Waals surface area contributed by atoms with E-state index in [2.05, 4.69) is 9.72 Å². The lowest BCUT2D eigenvalue weighted by Crippen LogP contribution is -2.13. The number of halogens is 2. The Kier molecular flexibility index (Phi) is 3.76. The Morgan fingerprint density at radius 3 is 2.75 bits per heavy atom. The Hall–Kier alpha value is -1.72. The number of pyridine rings is 1. The summed E-state index contributed by atoms with van der Waals surface area (Å²) < 4.78 is 29.7. The number of hydrogen-bond donors (Lipinski definition) is 1. The van der Waals surface area contributed by atoms with Crippen LogP contribution in [0.2, 0.25) is 0 Å². The number of esters is 1. The van der Waals surface area contributed by atoms with E-state index in [1.54, 1.807) is 6.92 Å². The van der Waals surface area contributed by atoms with E-state index in [0.717, 1.165) is 0 Å². The summed E-state index contributed by atoms with van der Waals surface area (Å²) in [6, 6.07) is 1.29. The molecule has 0 aliphatic heterocycles. The van der Waals surface area contributed by atoms with Crippen LogP contribution in [0.15, 0.2) is 6.07 Å². The Morgan fingerprint density at radius 2 is 2.25 bits per heavy atom. The van der Waals surface area contributed by atoms with E-state index >= 15 is 0 Å². The molecule has 0 fully saturated rings. The minimum absolute atomic E-state index is 0.0420. The van der Waals surface area contributed by atoms with Crippen LogP contribution in [0.25, 0.3) is 0 Å². The molecule has 0 atom stereocenters. The molecule has 0 aliphatic carbocycles. The summed E-state index contributed by atoms with van der Waals surface area (Å²) in [4.78, 5) is 14.9. The highest BCUT2D eigenvalue weighted by Gasteiger charge is 2.19. The maximum atomic E-state index is 12.5. The van der Waals surface area contributed by atoms with Crippen molar-refractivity contribution in [3.05, 3.63) is 23.0 Å². The number of ether oxygens (including phenoxy) is 1. The van der Waals surface area contributed by atoms with Gasteiger partial charge >= 0.3 is 5.97 Å². The van der Waals surface area contributed by atoms with Crippen LogP contribution in [-0.2, 0) is 4.74 Å². The van der Waals surface area contributed by atoms with Crippen molar-refractivity contribution in [1.29, 1.82) is 0 Å². The highest BCUT2D eigenvalue weighted by Crippen LogP contribution is 2.24. The number of nitrogens with zero attached hydrogens (tertiary/aromatic N) is 1. The van der Waals surface area contributed by atoms with E-state index in [9.17, 15) is 13.6 Å². The van der Waals surface area contributed by atoms with Crippen molar-refractivity contribution in [3.8, 4) is 0 Å². The molecule has 6 heteroatoms. The summed E-state index contributed by atoms with van der Waals surface area (Å²) >= 11 is 0. The molecule has 0 aromatic carbocycles. The SMILES string of the molecule is CCOC(=O)c1nc(C(F)F)c(C)cc1N. The van der Waals surface area contributed by atoms with Crippen LogP contribution in [0.4, 0.5) is 14.5 Å². The number of hydrogen-bond acceptors (Lipinski definition) is 4. The zero-order chi connectivity index (χ0) is 12.3. The van der Waals surface area contributed by atoms with Gasteiger partial charge < -0.3 is 10.5 Å². The second kappa shape index (κ2) is 4.87. The van der Waals surface area contributed by atoms with Gasteiger partial charge in [0.2, 0.25) is 0 Å². The minimum Gasteiger partial charge on any atom is -0.461 e. The summed E-state index contributed by atoms with van der Waals surface area (Å²) in [5, 5.41) is 0. The van der Waals surface area contributed by atoms with Crippen molar-refractivity contribution in [2.24, 2.45) is 0 Å². The van der Waals surface area contributed by atoms with Crippen molar-refractivity contribution in [2.45, 2.75) is 20.3 Å². The fraction of sp³-hybridized carbons (Fsp3) is 0.400. The summed E-state index contributed by atoms with van der Waals surface area (Å²) in [6.45, 7) is 3.20. The number of rotatable bonds is 3. The fourth-order valence-corrected chi connectivity index (χ4v) is 1.23. The Morgan fingerprint density at radius 1 is 1.62 bits per heavy atom. The predicted molar refractivity (Wildman–Crippen MR) is 54.3 cm³/mol. The van der Waals surface area contributed by atoms with E-state index < -0.39 is 18.1 Å². The van der Waals surface area contributed by atoms with Gasteiger partial charge in [0.05, 0.1) is 12.3 Å². The third kappa shape index (κ3) is 2.44. The van der Waals surface area contributed by atoms with E-state index in [-0.39, 0.29) is 23.6 Å². The number of carbonyl (C=O) groups is 1. The average Bonchev–Trinajstić information content (AvgIpc) is 2.17. The molecule has 0 radical (unpaired) electrons. The van der Waals surface area contributed by atoms with Gasteiger partial charge in [-0.05, 0) is 25.5 Å². The maximum Gasteiger partial charge on any atom is 0.359 e. The molecule has 1 rings (SSSR count). The van der Waals surface area contributed by atoms with Crippen LogP contribution >= 0.6 is 0 Å². The molecule has 88 valence electrons. The van der Waals surface area contributed by atoms with Gasteiger partial charge in [0.25, 0.3) is 6.43 Å². The van der Waals surface area contributed by atoms with Crippen LogP contribution in [0.5, 0.6) is 0 Å². The topological polar surface area (TPSA) is 65.2 Å². The first-order chi connectivity index (χ1) is 7.47. The van der Waals surface area contributed by atoms with Gasteiger partial charge in [0.1, 0.15) is 5.69 Å². The molecule has 0 bridgehead atoms.